The lowest BCUT2D eigenvalue weighted by Crippen LogP contribution is -2.41. The minimum absolute atomic E-state index is 0.0908. The van der Waals surface area contributed by atoms with Crippen molar-refractivity contribution in [3.63, 3.8) is 0 Å². The lowest BCUT2D eigenvalue weighted by Gasteiger charge is -2.15. The molecule has 0 aromatic rings. The molecular formula is C10H22N2O3. The lowest BCUT2D eigenvalue weighted by atomic mass is 10.3. The van der Waals surface area contributed by atoms with E-state index in [2.05, 4.69) is 17.6 Å². The highest BCUT2D eigenvalue weighted by Gasteiger charge is 2.08. The van der Waals surface area contributed by atoms with Crippen LogP contribution in [0.1, 0.15) is 19.8 Å². The molecule has 0 fully saturated rings. The first kappa shape index (κ1) is 14.2. The average Bonchev–Trinajstić information content (AvgIpc) is 2.24. The highest BCUT2D eigenvalue weighted by atomic mass is 16.5. The van der Waals surface area contributed by atoms with E-state index in [4.69, 9.17) is 9.47 Å². The molecule has 0 aliphatic heterocycles. The van der Waals surface area contributed by atoms with Crippen LogP contribution in [0.4, 0.5) is 4.79 Å². The van der Waals surface area contributed by atoms with E-state index in [0.717, 1.165) is 12.8 Å². The summed E-state index contributed by atoms with van der Waals surface area (Å²) in [5.74, 6) is 0. The molecule has 2 amide bonds. The van der Waals surface area contributed by atoms with E-state index in [0.29, 0.717) is 19.7 Å². The van der Waals surface area contributed by atoms with Crippen molar-refractivity contribution in [2.75, 3.05) is 33.9 Å². The van der Waals surface area contributed by atoms with Crippen molar-refractivity contribution in [3.05, 3.63) is 0 Å². The normalized spacial score (nSPS) is 12.2. The molecule has 1 unspecified atom stereocenters. The van der Waals surface area contributed by atoms with E-state index in [1.807, 2.05) is 0 Å². The molecule has 0 saturated heterocycles. The highest BCUT2D eigenvalue weighted by Crippen LogP contribution is 1.88. The first-order chi connectivity index (χ1) is 7.24. The van der Waals surface area contributed by atoms with Gasteiger partial charge < -0.3 is 20.1 Å². The first-order valence-electron chi connectivity index (χ1n) is 5.28. The summed E-state index contributed by atoms with van der Waals surface area (Å²) in [5.41, 5.74) is 0. The second-order valence-corrected chi connectivity index (χ2v) is 3.30. The number of rotatable bonds is 8. The van der Waals surface area contributed by atoms with E-state index >= 15 is 0 Å². The molecule has 0 aromatic heterocycles. The number of unbranched alkanes of at least 4 members (excludes halogenated alkanes) is 1. The molecular weight excluding hydrogens is 196 g/mol. The van der Waals surface area contributed by atoms with Crippen LogP contribution in [0, 0.1) is 0 Å². The molecule has 5 heteroatoms. The summed E-state index contributed by atoms with van der Waals surface area (Å²) < 4.78 is 10.0. The van der Waals surface area contributed by atoms with E-state index in [9.17, 15) is 4.79 Å². The zero-order valence-corrected chi connectivity index (χ0v) is 9.84. The quantitative estimate of drug-likeness (QED) is 0.591. The predicted molar refractivity (Wildman–Crippen MR) is 59.0 cm³/mol. The Labute approximate surface area is 91.5 Å². The van der Waals surface area contributed by atoms with Gasteiger partial charge in [-0.1, -0.05) is 13.3 Å². The number of carbonyl (C=O) groups excluding carboxylic acids is 1. The second-order valence-electron chi connectivity index (χ2n) is 3.30. The fraction of sp³-hybridized carbons (Fsp3) is 0.900. The van der Waals surface area contributed by atoms with Gasteiger partial charge in [0, 0.05) is 27.3 Å². The van der Waals surface area contributed by atoms with Crippen LogP contribution in [0.2, 0.25) is 0 Å². The molecule has 1 atom stereocenters. The molecule has 0 heterocycles. The SMILES string of the molecule is CCCCNC(=O)NCC(COC)OC. The summed E-state index contributed by atoms with van der Waals surface area (Å²) >= 11 is 0. The molecule has 0 radical (unpaired) electrons. The Morgan fingerprint density at radius 1 is 1.33 bits per heavy atom. The van der Waals surface area contributed by atoms with Crippen molar-refractivity contribution in [1.29, 1.82) is 0 Å². The van der Waals surface area contributed by atoms with Crippen LogP contribution in [-0.2, 0) is 9.47 Å². The maximum Gasteiger partial charge on any atom is 0.314 e. The standard InChI is InChI=1S/C10H22N2O3/c1-4-5-6-11-10(13)12-7-9(15-3)8-14-2/h9H,4-8H2,1-3H3,(H2,11,12,13). The number of methoxy groups -OCH3 is 2. The van der Waals surface area contributed by atoms with Crippen LogP contribution in [-0.4, -0.2) is 46.1 Å². The third-order valence-corrected chi connectivity index (χ3v) is 1.99. The summed E-state index contributed by atoms with van der Waals surface area (Å²) in [4.78, 5) is 11.2. The Bertz CT molecular complexity index is 165. The zero-order chi connectivity index (χ0) is 11.5. The molecule has 90 valence electrons. The molecule has 0 aromatic carbocycles. The van der Waals surface area contributed by atoms with Gasteiger partial charge in [-0.25, -0.2) is 4.79 Å². The summed E-state index contributed by atoms with van der Waals surface area (Å²) in [7, 11) is 3.20. The van der Waals surface area contributed by atoms with Crippen LogP contribution in [0.25, 0.3) is 0 Å². The Morgan fingerprint density at radius 3 is 2.60 bits per heavy atom. The van der Waals surface area contributed by atoms with Gasteiger partial charge in [0.25, 0.3) is 0 Å². The molecule has 2 N–H and O–H groups in total. The highest BCUT2D eigenvalue weighted by molar-refractivity contribution is 5.73. The number of carbonyl (C=O) groups is 1. The van der Waals surface area contributed by atoms with Crippen molar-refractivity contribution in [1.82, 2.24) is 10.6 Å². The molecule has 0 spiro atoms. The van der Waals surface area contributed by atoms with Gasteiger partial charge in [0.05, 0.1) is 12.7 Å². The van der Waals surface area contributed by atoms with E-state index < -0.39 is 0 Å². The van der Waals surface area contributed by atoms with Gasteiger partial charge in [0.2, 0.25) is 0 Å². The van der Waals surface area contributed by atoms with Crippen molar-refractivity contribution in [3.8, 4) is 0 Å². The van der Waals surface area contributed by atoms with E-state index in [-0.39, 0.29) is 12.1 Å². The number of ether oxygens (including phenoxy) is 2. The van der Waals surface area contributed by atoms with Gasteiger partial charge in [-0.15, -0.1) is 0 Å². The van der Waals surface area contributed by atoms with Crippen LogP contribution in [0.15, 0.2) is 0 Å². The van der Waals surface area contributed by atoms with Crippen LogP contribution in [0.3, 0.4) is 0 Å². The van der Waals surface area contributed by atoms with Gasteiger partial charge in [-0.05, 0) is 6.42 Å². The Balaban J connectivity index is 3.50. The van der Waals surface area contributed by atoms with Crippen LogP contribution < -0.4 is 10.6 Å². The largest absolute Gasteiger partial charge is 0.382 e. The fourth-order valence-corrected chi connectivity index (χ4v) is 1.04. The topological polar surface area (TPSA) is 59.6 Å². The minimum atomic E-state index is -0.151. The predicted octanol–water partition coefficient (Wildman–Crippen LogP) is 0.747. The Hall–Kier alpha value is -0.810. The lowest BCUT2D eigenvalue weighted by molar-refractivity contribution is 0.0304. The first-order valence-corrected chi connectivity index (χ1v) is 5.28. The Kier molecular flexibility index (Phi) is 9.21. The molecule has 0 rings (SSSR count). The molecule has 15 heavy (non-hydrogen) atoms. The zero-order valence-electron chi connectivity index (χ0n) is 9.84. The molecule has 0 bridgehead atoms. The van der Waals surface area contributed by atoms with Crippen molar-refractivity contribution < 1.29 is 14.3 Å². The molecule has 5 nitrogen and oxygen atoms in total. The summed E-state index contributed by atoms with van der Waals surface area (Å²) in [5, 5.41) is 5.48. The monoisotopic (exact) mass is 218 g/mol. The van der Waals surface area contributed by atoms with Gasteiger partial charge in [-0.3, -0.25) is 0 Å². The number of hydrogen-bond acceptors (Lipinski definition) is 3. The van der Waals surface area contributed by atoms with E-state index in [1.54, 1.807) is 14.2 Å². The fourth-order valence-electron chi connectivity index (χ4n) is 1.04. The maximum absolute atomic E-state index is 11.2. The maximum atomic E-state index is 11.2. The molecule has 0 aliphatic carbocycles. The number of nitrogens with one attached hydrogen (secondary N) is 2. The second kappa shape index (κ2) is 9.73. The van der Waals surface area contributed by atoms with Gasteiger partial charge in [0.1, 0.15) is 0 Å². The molecule has 0 saturated carbocycles. The van der Waals surface area contributed by atoms with Crippen molar-refractivity contribution >= 4 is 6.03 Å². The summed E-state index contributed by atoms with van der Waals surface area (Å²) in [6.07, 6.45) is 1.98. The summed E-state index contributed by atoms with van der Waals surface area (Å²) in [6.45, 7) is 3.73. The van der Waals surface area contributed by atoms with Crippen molar-refractivity contribution in [2.24, 2.45) is 0 Å². The number of urea groups is 1. The van der Waals surface area contributed by atoms with Gasteiger partial charge >= 0.3 is 6.03 Å². The van der Waals surface area contributed by atoms with Gasteiger partial charge in [-0.2, -0.15) is 0 Å². The van der Waals surface area contributed by atoms with Crippen LogP contribution >= 0.6 is 0 Å². The molecule has 0 aliphatic rings. The smallest absolute Gasteiger partial charge is 0.314 e. The Morgan fingerprint density at radius 2 is 2.07 bits per heavy atom. The minimum Gasteiger partial charge on any atom is -0.382 e. The summed E-state index contributed by atoms with van der Waals surface area (Å²) in [6, 6.07) is -0.151. The number of hydrogen-bond donors (Lipinski definition) is 2. The third-order valence-electron chi connectivity index (χ3n) is 1.99. The van der Waals surface area contributed by atoms with Crippen molar-refractivity contribution in [2.45, 2.75) is 25.9 Å². The average molecular weight is 218 g/mol. The van der Waals surface area contributed by atoms with E-state index in [1.165, 1.54) is 0 Å². The van der Waals surface area contributed by atoms with Gasteiger partial charge in [0.15, 0.2) is 0 Å². The number of amides is 2. The van der Waals surface area contributed by atoms with Crippen LogP contribution in [0.5, 0.6) is 0 Å². The third kappa shape index (κ3) is 8.20.